The number of unbranched alkanes of at least 4 members (excludes halogenated alkanes) is 1. The Morgan fingerprint density at radius 1 is 1.25 bits per heavy atom. The molecule has 8 heteroatoms. The van der Waals surface area contributed by atoms with Gasteiger partial charge in [0.05, 0.1) is 29.7 Å². The molecule has 1 aliphatic heterocycles. The van der Waals surface area contributed by atoms with E-state index in [0.717, 1.165) is 19.3 Å². The van der Waals surface area contributed by atoms with E-state index in [1.165, 1.54) is 13.8 Å². The molecule has 2 aliphatic rings. The molecule has 182 valence electrons. The van der Waals surface area contributed by atoms with Gasteiger partial charge in [0.25, 0.3) is 0 Å². The quantitative estimate of drug-likeness (QED) is 0.243. The van der Waals surface area contributed by atoms with Crippen LogP contribution in [0.15, 0.2) is 12.2 Å². The molecule has 1 saturated heterocycles. The Labute approximate surface area is 193 Å². The summed E-state index contributed by atoms with van der Waals surface area (Å²) in [6.07, 6.45) is 7.21. The second kappa shape index (κ2) is 12.2. The fourth-order valence-electron chi connectivity index (χ4n) is 4.43. The lowest BCUT2D eigenvalue weighted by Gasteiger charge is -2.19. The first kappa shape index (κ1) is 26.8. The third kappa shape index (κ3) is 7.58. The first-order valence-corrected chi connectivity index (χ1v) is 13.2. The van der Waals surface area contributed by atoms with E-state index in [4.69, 9.17) is 4.74 Å². The molecule has 1 unspecified atom stereocenters. The van der Waals surface area contributed by atoms with Crippen LogP contribution in [0, 0.1) is 29.6 Å². The molecule has 1 heterocycles. The maximum Gasteiger partial charge on any atom is 0.237 e. The highest BCUT2D eigenvalue weighted by Gasteiger charge is 2.47. The van der Waals surface area contributed by atoms with Gasteiger partial charge >= 0.3 is 0 Å². The molecule has 3 N–H and O–H groups in total. The van der Waals surface area contributed by atoms with E-state index in [1.54, 1.807) is 13.0 Å². The Kier molecular flexibility index (Phi) is 10.2. The predicted molar refractivity (Wildman–Crippen MR) is 124 cm³/mol. The maximum absolute atomic E-state index is 11.8. The standard InChI is InChI=1S/C24H39NO6S/c1-5-6-9-17(4)21(26)13-12-19-20-14-18(31-23(20)15-22(19)27)10-7-8-11-24(28)25-32(29,30)16(2)3/h12-13,16-23,26-27H,7-11,14-15H2,1-4H3,(H,25,28)/b13-12+/t17?,18-,19-,20-,21-,22-,23+/m1/s1. The molecule has 0 spiro atoms. The average Bonchev–Trinajstić information content (AvgIpc) is 3.23. The molecule has 0 aromatic rings. The predicted octanol–water partition coefficient (Wildman–Crippen LogP) is 2.52. The fraction of sp³-hybridized carbons (Fsp3) is 0.792. The zero-order chi connectivity index (χ0) is 23.9. The van der Waals surface area contributed by atoms with E-state index in [1.807, 2.05) is 13.0 Å². The van der Waals surface area contributed by atoms with Crippen LogP contribution in [0.4, 0.5) is 0 Å². The third-order valence-electron chi connectivity index (χ3n) is 6.56. The van der Waals surface area contributed by atoms with Gasteiger partial charge in [0.15, 0.2) is 0 Å². The molecule has 0 radical (unpaired) electrons. The zero-order valence-electron chi connectivity index (χ0n) is 19.7. The Morgan fingerprint density at radius 3 is 2.62 bits per heavy atom. The number of carbonyl (C=O) groups is 1. The summed E-state index contributed by atoms with van der Waals surface area (Å²) in [6, 6.07) is 0. The summed E-state index contributed by atoms with van der Waals surface area (Å²) < 4.78 is 31.7. The SMILES string of the molecule is CC#CCC(C)[C@H](O)/C=C/[C@@H]1[C@H]2C[C@@H](CCCCC(=O)NS(=O)(=O)C(C)C)O[C@H]2C[C@H]1O. The molecule has 0 aromatic carbocycles. The summed E-state index contributed by atoms with van der Waals surface area (Å²) in [5.41, 5.74) is 0. The van der Waals surface area contributed by atoms with Gasteiger partial charge in [-0.15, -0.1) is 11.8 Å². The Hall–Kier alpha value is -1.40. The zero-order valence-corrected chi connectivity index (χ0v) is 20.5. The van der Waals surface area contributed by atoms with Gasteiger partial charge in [0.1, 0.15) is 0 Å². The lowest BCUT2D eigenvalue weighted by molar-refractivity contribution is -0.119. The number of amides is 1. The molecule has 32 heavy (non-hydrogen) atoms. The molecule has 2 fully saturated rings. The third-order valence-corrected chi connectivity index (χ3v) is 8.32. The summed E-state index contributed by atoms with van der Waals surface area (Å²) >= 11 is 0. The molecule has 2 rings (SSSR count). The second-order valence-corrected chi connectivity index (χ2v) is 11.7. The van der Waals surface area contributed by atoms with Crippen molar-refractivity contribution >= 4 is 15.9 Å². The van der Waals surface area contributed by atoms with E-state index in [-0.39, 0.29) is 36.4 Å². The first-order chi connectivity index (χ1) is 15.0. The maximum atomic E-state index is 11.8. The highest BCUT2D eigenvalue weighted by atomic mass is 32.2. The Bertz CT molecular complexity index is 812. The van der Waals surface area contributed by atoms with Gasteiger partial charge in [-0.25, -0.2) is 8.42 Å². The van der Waals surface area contributed by atoms with E-state index >= 15 is 0 Å². The number of fused-ring (bicyclic) bond motifs is 1. The van der Waals surface area contributed by atoms with Gasteiger partial charge < -0.3 is 14.9 Å². The molecular formula is C24H39NO6S. The van der Waals surface area contributed by atoms with Crippen LogP contribution in [-0.4, -0.2) is 54.2 Å². The van der Waals surface area contributed by atoms with Gasteiger partial charge in [-0.1, -0.05) is 25.5 Å². The molecule has 1 saturated carbocycles. The minimum Gasteiger partial charge on any atom is -0.392 e. The monoisotopic (exact) mass is 469 g/mol. The number of aliphatic hydroxyl groups excluding tert-OH is 2. The molecule has 1 aliphatic carbocycles. The van der Waals surface area contributed by atoms with Crippen LogP contribution >= 0.6 is 0 Å². The number of sulfonamides is 1. The number of rotatable bonds is 11. The summed E-state index contributed by atoms with van der Waals surface area (Å²) in [5.74, 6) is 5.60. The van der Waals surface area contributed by atoms with Crippen molar-refractivity contribution in [3.63, 3.8) is 0 Å². The largest absolute Gasteiger partial charge is 0.392 e. The van der Waals surface area contributed by atoms with Crippen molar-refractivity contribution < 1.29 is 28.2 Å². The second-order valence-electron chi connectivity index (χ2n) is 9.42. The van der Waals surface area contributed by atoms with Crippen LogP contribution in [0.3, 0.4) is 0 Å². The molecule has 0 aromatic heterocycles. The average molecular weight is 470 g/mol. The van der Waals surface area contributed by atoms with Crippen LogP contribution in [0.1, 0.15) is 72.6 Å². The summed E-state index contributed by atoms with van der Waals surface area (Å²) in [4.78, 5) is 11.8. The molecule has 7 atom stereocenters. The lowest BCUT2D eigenvalue weighted by Crippen LogP contribution is -2.35. The minimum absolute atomic E-state index is 0.0182. The van der Waals surface area contributed by atoms with Crippen molar-refractivity contribution in [3.8, 4) is 11.8 Å². The number of nitrogens with one attached hydrogen (secondary N) is 1. The van der Waals surface area contributed by atoms with Gasteiger partial charge in [0, 0.05) is 25.2 Å². The van der Waals surface area contributed by atoms with Crippen molar-refractivity contribution in [2.75, 3.05) is 0 Å². The normalized spacial score (nSPS) is 29.5. The minimum atomic E-state index is -3.57. The van der Waals surface area contributed by atoms with E-state index < -0.39 is 33.4 Å². The molecule has 1 amide bonds. The number of carbonyl (C=O) groups excluding carboxylic acids is 1. The van der Waals surface area contributed by atoms with E-state index in [2.05, 4.69) is 16.6 Å². The number of ether oxygens (including phenoxy) is 1. The van der Waals surface area contributed by atoms with Crippen LogP contribution in [-0.2, 0) is 19.6 Å². The highest BCUT2D eigenvalue weighted by molar-refractivity contribution is 7.90. The summed E-state index contributed by atoms with van der Waals surface area (Å²) in [7, 11) is -3.57. The first-order valence-electron chi connectivity index (χ1n) is 11.7. The molecule has 7 nitrogen and oxygen atoms in total. The van der Waals surface area contributed by atoms with Crippen LogP contribution < -0.4 is 4.72 Å². The van der Waals surface area contributed by atoms with Gasteiger partial charge in [-0.2, -0.15) is 0 Å². The topological polar surface area (TPSA) is 113 Å². The molecular weight excluding hydrogens is 430 g/mol. The number of hydrogen-bond acceptors (Lipinski definition) is 6. The van der Waals surface area contributed by atoms with Crippen LogP contribution in [0.5, 0.6) is 0 Å². The fourth-order valence-corrected chi connectivity index (χ4v) is 5.09. The van der Waals surface area contributed by atoms with Crippen molar-refractivity contribution in [1.82, 2.24) is 4.72 Å². The van der Waals surface area contributed by atoms with E-state index in [0.29, 0.717) is 19.3 Å². The van der Waals surface area contributed by atoms with Gasteiger partial charge in [-0.3, -0.25) is 9.52 Å². The van der Waals surface area contributed by atoms with Crippen LogP contribution in [0.2, 0.25) is 0 Å². The highest BCUT2D eigenvalue weighted by Crippen LogP contribution is 2.45. The van der Waals surface area contributed by atoms with Crippen LogP contribution in [0.25, 0.3) is 0 Å². The number of hydrogen-bond donors (Lipinski definition) is 3. The van der Waals surface area contributed by atoms with Crippen molar-refractivity contribution in [1.29, 1.82) is 0 Å². The Morgan fingerprint density at radius 2 is 1.97 bits per heavy atom. The van der Waals surface area contributed by atoms with Crippen molar-refractivity contribution in [3.05, 3.63) is 12.2 Å². The summed E-state index contributed by atoms with van der Waals surface area (Å²) in [6.45, 7) is 6.81. The molecule has 0 bridgehead atoms. The number of aliphatic hydroxyl groups is 2. The summed E-state index contributed by atoms with van der Waals surface area (Å²) in [5, 5.41) is 20.2. The van der Waals surface area contributed by atoms with Crippen molar-refractivity contribution in [2.24, 2.45) is 17.8 Å². The van der Waals surface area contributed by atoms with Gasteiger partial charge in [-0.05, 0) is 51.9 Å². The smallest absolute Gasteiger partial charge is 0.237 e. The lowest BCUT2D eigenvalue weighted by atomic mass is 9.88. The van der Waals surface area contributed by atoms with Crippen molar-refractivity contribution in [2.45, 2.75) is 102 Å². The van der Waals surface area contributed by atoms with E-state index in [9.17, 15) is 23.4 Å². The Balaban J connectivity index is 1.76. The van der Waals surface area contributed by atoms with Gasteiger partial charge in [0.2, 0.25) is 15.9 Å².